The van der Waals surface area contributed by atoms with Gasteiger partial charge in [0.15, 0.2) is 0 Å². The lowest BCUT2D eigenvalue weighted by atomic mass is 10.1. The van der Waals surface area contributed by atoms with E-state index in [4.69, 9.17) is 11.6 Å². The lowest BCUT2D eigenvalue weighted by Gasteiger charge is -2.11. The second kappa shape index (κ2) is 8.52. The zero-order chi connectivity index (χ0) is 19.2. The Morgan fingerprint density at radius 2 is 1.59 bits per heavy atom. The van der Waals surface area contributed by atoms with Gasteiger partial charge in [-0.1, -0.05) is 54.1 Å². The molecule has 2 N–H and O–H groups in total. The number of amides is 2. The van der Waals surface area contributed by atoms with Crippen molar-refractivity contribution in [1.29, 1.82) is 0 Å². The summed E-state index contributed by atoms with van der Waals surface area (Å²) in [7, 11) is 0. The van der Waals surface area contributed by atoms with Crippen molar-refractivity contribution in [3.63, 3.8) is 0 Å². The number of hydrogen-bond donors (Lipinski definition) is 2. The molecule has 5 heteroatoms. The zero-order valence-electron chi connectivity index (χ0n) is 14.8. The van der Waals surface area contributed by atoms with E-state index in [9.17, 15) is 9.59 Å². The van der Waals surface area contributed by atoms with Gasteiger partial charge in [-0.25, -0.2) is 0 Å². The minimum atomic E-state index is -0.271. The first-order chi connectivity index (χ1) is 13.0. The van der Waals surface area contributed by atoms with E-state index in [-0.39, 0.29) is 18.2 Å². The number of carbonyl (C=O) groups excluding carboxylic acids is 2. The van der Waals surface area contributed by atoms with Crippen molar-refractivity contribution in [2.24, 2.45) is 0 Å². The highest BCUT2D eigenvalue weighted by atomic mass is 35.5. The predicted molar refractivity (Wildman–Crippen MR) is 109 cm³/mol. The standard InChI is InChI=1S/C22H19ClN2O2/c1-15-7-5-6-8-16(15)14-21(26)25-20-13-17(11-12-19(20)23)22(27)24-18-9-3-2-4-10-18/h2-13H,14H2,1H3,(H,24,27)(H,25,26). The zero-order valence-corrected chi connectivity index (χ0v) is 15.6. The summed E-state index contributed by atoms with van der Waals surface area (Å²) in [5.41, 5.74) is 3.52. The smallest absolute Gasteiger partial charge is 0.255 e. The summed E-state index contributed by atoms with van der Waals surface area (Å²) in [4.78, 5) is 24.8. The molecule has 0 bridgehead atoms. The fraction of sp³-hybridized carbons (Fsp3) is 0.0909. The first-order valence-corrected chi connectivity index (χ1v) is 8.91. The van der Waals surface area contributed by atoms with E-state index in [1.807, 2.05) is 49.4 Å². The maximum absolute atomic E-state index is 12.4. The number of para-hydroxylation sites is 1. The number of aryl methyl sites for hydroxylation is 1. The van der Waals surface area contributed by atoms with Crippen LogP contribution in [0.5, 0.6) is 0 Å². The van der Waals surface area contributed by atoms with Crippen LogP contribution in [-0.2, 0) is 11.2 Å². The third-order valence-electron chi connectivity index (χ3n) is 4.15. The molecule has 2 amide bonds. The number of rotatable bonds is 5. The monoisotopic (exact) mass is 378 g/mol. The van der Waals surface area contributed by atoms with Crippen LogP contribution in [0.25, 0.3) is 0 Å². The Labute approximate surface area is 163 Å². The molecule has 0 heterocycles. The molecule has 0 radical (unpaired) electrons. The van der Waals surface area contributed by atoms with Gasteiger partial charge in [0.1, 0.15) is 0 Å². The highest BCUT2D eigenvalue weighted by Crippen LogP contribution is 2.24. The molecule has 0 aliphatic heterocycles. The van der Waals surface area contributed by atoms with Crippen molar-refractivity contribution < 1.29 is 9.59 Å². The van der Waals surface area contributed by atoms with E-state index in [1.54, 1.807) is 30.3 Å². The van der Waals surface area contributed by atoms with Gasteiger partial charge in [-0.05, 0) is 48.4 Å². The minimum absolute atomic E-state index is 0.188. The van der Waals surface area contributed by atoms with Gasteiger partial charge in [0, 0.05) is 11.3 Å². The summed E-state index contributed by atoms with van der Waals surface area (Å²) in [5.74, 6) is -0.459. The van der Waals surface area contributed by atoms with E-state index >= 15 is 0 Å². The number of benzene rings is 3. The van der Waals surface area contributed by atoms with Crippen LogP contribution in [0.15, 0.2) is 72.8 Å². The van der Waals surface area contributed by atoms with Gasteiger partial charge in [-0.3, -0.25) is 9.59 Å². The van der Waals surface area contributed by atoms with Crippen LogP contribution in [0.3, 0.4) is 0 Å². The van der Waals surface area contributed by atoms with Crippen molar-refractivity contribution in [2.45, 2.75) is 13.3 Å². The molecular formula is C22H19ClN2O2. The molecular weight excluding hydrogens is 360 g/mol. The molecule has 0 aromatic heterocycles. The molecule has 3 aromatic carbocycles. The summed E-state index contributed by atoms with van der Waals surface area (Å²) in [6, 6.07) is 21.7. The number of anilines is 2. The van der Waals surface area contributed by atoms with Crippen molar-refractivity contribution >= 4 is 34.8 Å². The van der Waals surface area contributed by atoms with E-state index in [2.05, 4.69) is 10.6 Å². The maximum atomic E-state index is 12.4. The molecule has 3 aromatic rings. The summed E-state index contributed by atoms with van der Waals surface area (Å²) >= 11 is 6.19. The Morgan fingerprint density at radius 1 is 0.889 bits per heavy atom. The molecule has 0 atom stereocenters. The second-order valence-corrected chi connectivity index (χ2v) is 6.57. The van der Waals surface area contributed by atoms with Crippen LogP contribution < -0.4 is 10.6 Å². The molecule has 0 saturated carbocycles. The first kappa shape index (κ1) is 18.7. The highest BCUT2D eigenvalue weighted by molar-refractivity contribution is 6.34. The number of carbonyl (C=O) groups is 2. The molecule has 0 unspecified atom stereocenters. The van der Waals surface area contributed by atoms with Crippen LogP contribution >= 0.6 is 11.6 Å². The Kier molecular flexibility index (Phi) is 5.89. The van der Waals surface area contributed by atoms with Gasteiger partial charge in [-0.2, -0.15) is 0 Å². The molecule has 0 aliphatic carbocycles. The average molecular weight is 379 g/mol. The molecule has 0 fully saturated rings. The number of halogens is 1. The first-order valence-electron chi connectivity index (χ1n) is 8.53. The van der Waals surface area contributed by atoms with E-state index in [0.29, 0.717) is 22.0 Å². The summed E-state index contributed by atoms with van der Waals surface area (Å²) in [6.45, 7) is 1.96. The quantitative estimate of drug-likeness (QED) is 0.650. The lowest BCUT2D eigenvalue weighted by Crippen LogP contribution is -2.17. The van der Waals surface area contributed by atoms with Gasteiger partial charge < -0.3 is 10.6 Å². The van der Waals surface area contributed by atoms with Gasteiger partial charge in [0.05, 0.1) is 17.1 Å². The highest BCUT2D eigenvalue weighted by Gasteiger charge is 2.12. The fourth-order valence-corrected chi connectivity index (χ4v) is 2.83. The molecule has 27 heavy (non-hydrogen) atoms. The second-order valence-electron chi connectivity index (χ2n) is 6.17. The lowest BCUT2D eigenvalue weighted by molar-refractivity contribution is -0.115. The van der Waals surface area contributed by atoms with Crippen LogP contribution in [0.2, 0.25) is 5.02 Å². The van der Waals surface area contributed by atoms with E-state index < -0.39 is 0 Å². The number of hydrogen-bond acceptors (Lipinski definition) is 2. The van der Waals surface area contributed by atoms with Crippen LogP contribution in [0, 0.1) is 6.92 Å². The molecule has 0 aliphatic rings. The Balaban J connectivity index is 1.72. The molecule has 0 spiro atoms. The fourth-order valence-electron chi connectivity index (χ4n) is 2.66. The molecule has 4 nitrogen and oxygen atoms in total. The topological polar surface area (TPSA) is 58.2 Å². The van der Waals surface area contributed by atoms with Crippen molar-refractivity contribution in [2.75, 3.05) is 10.6 Å². The normalized spacial score (nSPS) is 10.3. The molecule has 3 rings (SSSR count). The summed E-state index contributed by atoms with van der Waals surface area (Å²) in [5, 5.41) is 5.98. The molecule has 136 valence electrons. The summed E-state index contributed by atoms with van der Waals surface area (Å²) in [6.07, 6.45) is 0.240. The third-order valence-corrected chi connectivity index (χ3v) is 4.48. The van der Waals surface area contributed by atoms with Crippen LogP contribution in [0.4, 0.5) is 11.4 Å². The van der Waals surface area contributed by atoms with Crippen molar-refractivity contribution in [3.8, 4) is 0 Å². The Bertz CT molecular complexity index is 971. The average Bonchev–Trinajstić information content (AvgIpc) is 2.66. The van der Waals surface area contributed by atoms with Crippen LogP contribution in [0.1, 0.15) is 21.5 Å². The van der Waals surface area contributed by atoms with Gasteiger partial charge in [0.25, 0.3) is 5.91 Å². The Morgan fingerprint density at radius 3 is 2.33 bits per heavy atom. The van der Waals surface area contributed by atoms with E-state index in [0.717, 1.165) is 11.1 Å². The van der Waals surface area contributed by atoms with Gasteiger partial charge in [-0.15, -0.1) is 0 Å². The van der Waals surface area contributed by atoms with Crippen LogP contribution in [-0.4, -0.2) is 11.8 Å². The summed E-state index contributed by atoms with van der Waals surface area (Å²) < 4.78 is 0. The third kappa shape index (κ3) is 4.96. The van der Waals surface area contributed by atoms with E-state index in [1.165, 1.54) is 0 Å². The van der Waals surface area contributed by atoms with Gasteiger partial charge >= 0.3 is 0 Å². The molecule has 0 saturated heterocycles. The largest absolute Gasteiger partial charge is 0.324 e. The minimum Gasteiger partial charge on any atom is -0.324 e. The number of nitrogens with one attached hydrogen (secondary N) is 2. The van der Waals surface area contributed by atoms with Gasteiger partial charge in [0.2, 0.25) is 5.91 Å². The maximum Gasteiger partial charge on any atom is 0.255 e. The SMILES string of the molecule is Cc1ccccc1CC(=O)Nc1cc(C(=O)Nc2ccccc2)ccc1Cl. The van der Waals surface area contributed by atoms with Crippen molar-refractivity contribution in [3.05, 3.63) is 94.5 Å². The predicted octanol–water partition coefficient (Wildman–Crippen LogP) is 5.08. The van der Waals surface area contributed by atoms with Crippen molar-refractivity contribution in [1.82, 2.24) is 0 Å². The Hall–Kier alpha value is -3.11.